The van der Waals surface area contributed by atoms with E-state index in [0.29, 0.717) is 0 Å². The lowest BCUT2D eigenvalue weighted by atomic mass is 9.98. The van der Waals surface area contributed by atoms with Crippen LogP contribution in [-0.4, -0.2) is 0 Å². The van der Waals surface area contributed by atoms with E-state index in [9.17, 15) is 5.48 Å². The monoisotopic (exact) mass is 603 g/mol. The molecule has 2 nitrogen and oxygen atoms in total. The molecular formula is C44H29NO. The topological polar surface area (TPSA) is 16.4 Å². The molecule has 0 spiro atoms. The summed E-state index contributed by atoms with van der Waals surface area (Å²) in [7, 11) is 0. The van der Waals surface area contributed by atoms with Gasteiger partial charge in [0.1, 0.15) is 11.2 Å². The van der Waals surface area contributed by atoms with Gasteiger partial charge in [-0.05, 0) is 104 Å². The molecule has 2 heteroatoms. The van der Waals surface area contributed by atoms with Gasteiger partial charge < -0.3 is 9.32 Å². The number of benzene rings is 8. The van der Waals surface area contributed by atoms with Crippen LogP contribution in [0.25, 0.3) is 65.7 Å². The summed E-state index contributed by atoms with van der Waals surface area (Å²) >= 11 is 0. The van der Waals surface area contributed by atoms with Crippen LogP contribution in [-0.2, 0) is 0 Å². The Hall–Kier alpha value is -6.12. The van der Waals surface area contributed by atoms with Gasteiger partial charge in [0.2, 0.25) is 0 Å². The Morgan fingerprint density at radius 3 is 2.00 bits per heavy atom. The zero-order chi connectivity index (χ0) is 44.4. The van der Waals surface area contributed by atoms with Gasteiger partial charge in [-0.1, -0.05) is 115 Å². The summed E-state index contributed by atoms with van der Waals surface area (Å²) in [5, 5.41) is 3.02. The Kier molecular flexibility index (Phi) is 3.47. The van der Waals surface area contributed by atoms with Crippen LogP contribution in [0.15, 0.2) is 180 Å². The van der Waals surface area contributed by atoms with Gasteiger partial charge in [0.05, 0.1) is 21.9 Å². The minimum atomic E-state index is -0.813. The molecule has 1 heterocycles. The molecule has 0 saturated carbocycles. The Balaban J connectivity index is 1.24. The van der Waals surface area contributed by atoms with Crippen LogP contribution in [0.5, 0.6) is 0 Å². The van der Waals surface area contributed by atoms with Crippen LogP contribution < -0.4 is 4.90 Å². The second-order valence-corrected chi connectivity index (χ2v) is 10.6. The van der Waals surface area contributed by atoms with E-state index < -0.39 is 130 Å². The van der Waals surface area contributed by atoms with Crippen LogP contribution in [0.4, 0.5) is 17.1 Å². The first-order valence-corrected chi connectivity index (χ1v) is 14.4. The quantitative estimate of drug-likeness (QED) is 0.195. The van der Waals surface area contributed by atoms with E-state index in [1.165, 1.54) is 0 Å². The van der Waals surface area contributed by atoms with Crippen molar-refractivity contribution in [2.45, 2.75) is 0 Å². The van der Waals surface area contributed by atoms with Crippen molar-refractivity contribution >= 4 is 60.5 Å². The Morgan fingerprint density at radius 2 is 1.15 bits per heavy atom. The third kappa shape index (κ3) is 4.51. The summed E-state index contributed by atoms with van der Waals surface area (Å²) < 4.78 is 146. The molecule has 0 amide bonds. The molecule has 0 saturated heterocycles. The highest BCUT2D eigenvalue weighted by molar-refractivity contribution is 6.19. The minimum absolute atomic E-state index is 0.103. The van der Waals surface area contributed by atoms with Gasteiger partial charge in [-0.15, -0.1) is 0 Å². The number of fused-ring (bicyclic) bond motifs is 6. The van der Waals surface area contributed by atoms with E-state index in [-0.39, 0.29) is 5.69 Å². The number of furan rings is 1. The fourth-order valence-electron chi connectivity index (χ4n) is 5.71. The highest BCUT2D eigenvalue weighted by Crippen LogP contribution is 2.39. The van der Waals surface area contributed by atoms with E-state index >= 15 is 0 Å². The van der Waals surface area contributed by atoms with Crippen molar-refractivity contribution in [2.75, 3.05) is 4.90 Å². The SMILES string of the molecule is [2H]c1c([2H])c([2H])c(N(c2ccc(-c3ccc4c(ccc5oc6ccccc6c54)c3)cc2)c2c([2H])c([2H])c(-c3c([2H])c([2H])c4c([2H])c([2H])c([2H])c([2H])c4c3[2H])c([2H])c2[2H])c([2H])c1[2H]. The molecule has 1 aromatic heterocycles. The van der Waals surface area contributed by atoms with Gasteiger partial charge in [-0.3, -0.25) is 0 Å². The van der Waals surface area contributed by atoms with Crippen molar-refractivity contribution in [1.82, 2.24) is 0 Å². The summed E-state index contributed by atoms with van der Waals surface area (Å²) in [6.45, 7) is 0. The lowest BCUT2D eigenvalue weighted by molar-refractivity contribution is 0.669. The summed E-state index contributed by atoms with van der Waals surface area (Å²) in [5.41, 5.74) is 0.973. The van der Waals surface area contributed by atoms with Crippen LogP contribution >= 0.6 is 0 Å². The molecule has 9 rings (SSSR count). The Bertz CT molecular complexity index is 3380. The van der Waals surface area contributed by atoms with E-state index in [2.05, 4.69) is 0 Å². The van der Waals surface area contributed by atoms with E-state index in [0.717, 1.165) is 48.7 Å². The van der Waals surface area contributed by atoms with Gasteiger partial charge in [0.15, 0.2) is 0 Å². The molecule has 0 bridgehead atoms. The standard InChI is InChI=1S/C44H29NO/c1-2-10-37(11-3-1)45(38-22-16-31(17-23-38)34-15-14-30-8-4-5-9-33(30)28-34)39-24-18-32(19-25-39)35-20-26-40-36(29-35)21-27-43-44(40)41-12-6-7-13-42(41)46-43/h1-29H/i1D,2D,3D,4D,5D,8D,9D,10D,11D,14D,15D,16D,17D,22D,23D,28D. The first-order chi connectivity index (χ1) is 29.5. The molecule has 0 radical (unpaired) electrons. The molecule has 0 N–H and O–H groups in total. The molecule has 46 heavy (non-hydrogen) atoms. The molecule has 0 aliphatic carbocycles. The maximum atomic E-state index is 9.30. The average Bonchev–Trinajstić information content (AvgIpc) is 3.66. The molecule has 0 atom stereocenters. The lowest BCUT2D eigenvalue weighted by Crippen LogP contribution is -2.09. The molecule has 8 aromatic carbocycles. The van der Waals surface area contributed by atoms with Crippen molar-refractivity contribution in [2.24, 2.45) is 0 Å². The zero-order valence-corrected chi connectivity index (χ0v) is 23.9. The highest BCUT2D eigenvalue weighted by Gasteiger charge is 2.14. The van der Waals surface area contributed by atoms with E-state index in [4.69, 9.17) is 20.9 Å². The predicted octanol–water partition coefficient (Wildman–Crippen LogP) is 12.7. The van der Waals surface area contributed by atoms with Crippen LogP contribution in [0, 0.1) is 0 Å². The molecule has 0 fully saturated rings. The largest absolute Gasteiger partial charge is 0.456 e. The van der Waals surface area contributed by atoms with Crippen molar-refractivity contribution in [3.63, 3.8) is 0 Å². The number of hydrogen-bond donors (Lipinski definition) is 0. The van der Waals surface area contributed by atoms with Gasteiger partial charge >= 0.3 is 0 Å². The van der Waals surface area contributed by atoms with Crippen molar-refractivity contribution in [3.05, 3.63) is 176 Å². The summed E-state index contributed by atoms with van der Waals surface area (Å²) in [4.78, 5) is 1.05. The van der Waals surface area contributed by atoms with Gasteiger partial charge in [0, 0.05) is 27.8 Å². The second-order valence-electron chi connectivity index (χ2n) is 10.6. The molecule has 0 aliphatic rings. The summed E-state index contributed by atoms with van der Waals surface area (Å²) in [6.07, 6.45) is 0. The fourth-order valence-corrected chi connectivity index (χ4v) is 5.71. The highest BCUT2D eigenvalue weighted by atomic mass is 16.3. The molecular weight excluding hydrogens is 558 g/mol. The summed E-state index contributed by atoms with van der Waals surface area (Å²) in [6, 6.07) is 12.5. The smallest absolute Gasteiger partial charge is 0.136 e. The van der Waals surface area contributed by atoms with Gasteiger partial charge in [0.25, 0.3) is 0 Å². The van der Waals surface area contributed by atoms with Crippen LogP contribution in [0.3, 0.4) is 0 Å². The van der Waals surface area contributed by atoms with Gasteiger partial charge in [-0.25, -0.2) is 0 Å². The Labute approximate surface area is 289 Å². The third-order valence-corrected chi connectivity index (χ3v) is 7.86. The predicted molar refractivity (Wildman–Crippen MR) is 194 cm³/mol. The number of hydrogen-bond acceptors (Lipinski definition) is 2. The van der Waals surface area contributed by atoms with Crippen molar-refractivity contribution in [3.8, 4) is 22.3 Å². The maximum Gasteiger partial charge on any atom is 0.136 e. The number of anilines is 3. The number of para-hydroxylation sites is 2. The molecule has 9 aromatic rings. The Morgan fingerprint density at radius 1 is 0.435 bits per heavy atom. The number of nitrogens with zero attached hydrogens (tertiary/aromatic N) is 1. The average molecular weight is 604 g/mol. The third-order valence-electron chi connectivity index (χ3n) is 7.86. The zero-order valence-electron chi connectivity index (χ0n) is 39.9. The van der Waals surface area contributed by atoms with Crippen molar-refractivity contribution < 1.29 is 26.3 Å². The second kappa shape index (κ2) is 10.8. The molecule has 0 aliphatic heterocycles. The van der Waals surface area contributed by atoms with Crippen LogP contribution in [0.1, 0.15) is 21.9 Å². The van der Waals surface area contributed by atoms with Crippen molar-refractivity contribution in [1.29, 1.82) is 0 Å². The molecule has 0 unspecified atom stereocenters. The fraction of sp³-hybridized carbons (Fsp3) is 0. The minimum Gasteiger partial charge on any atom is -0.456 e. The first kappa shape index (κ1) is 14.8. The molecule has 216 valence electrons. The van der Waals surface area contributed by atoms with E-state index in [1.807, 2.05) is 54.6 Å². The van der Waals surface area contributed by atoms with E-state index in [1.54, 1.807) is 24.3 Å². The van der Waals surface area contributed by atoms with Gasteiger partial charge in [-0.2, -0.15) is 0 Å². The van der Waals surface area contributed by atoms with Crippen LogP contribution in [0.2, 0.25) is 0 Å². The first-order valence-electron chi connectivity index (χ1n) is 22.4. The summed E-state index contributed by atoms with van der Waals surface area (Å²) in [5.74, 6) is 0. The lowest BCUT2D eigenvalue weighted by Gasteiger charge is -2.26. The normalized spacial score (nSPS) is 16.3. The maximum absolute atomic E-state index is 9.30. The number of rotatable bonds is 5.